The van der Waals surface area contributed by atoms with Crippen molar-refractivity contribution in [2.45, 2.75) is 0 Å². The van der Waals surface area contributed by atoms with Gasteiger partial charge in [-0.15, -0.1) is 0 Å². The van der Waals surface area contributed by atoms with Crippen molar-refractivity contribution in [3.8, 4) is 11.6 Å². The number of thioether (sulfide) groups is 1. The van der Waals surface area contributed by atoms with E-state index in [4.69, 9.17) is 4.74 Å². The molecular weight excluding hydrogens is 402 g/mol. The number of carbonyl (C=O) groups is 3. The SMILES string of the molecule is COC(=O)CN1C(=O)S/C(=C/c2ccc(Oc3ccc([N+](=O)[O-])cn3)cc2)C1=O. The second kappa shape index (κ2) is 8.52. The Bertz CT molecular complexity index is 1000. The van der Waals surface area contributed by atoms with Crippen molar-refractivity contribution >= 4 is 40.6 Å². The number of hydrogen-bond donors (Lipinski definition) is 0. The molecule has 148 valence electrons. The van der Waals surface area contributed by atoms with E-state index >= 15 is 0 Å². The molecule has 1 saturated heterocycles. The number of amides is 2. The van der Waals surface area contributed by atoms with Gasteiger partial charge in [0.2, 0.25) is 5.88 Å². The van der Waals surface area contributed by atoms with Gasteiger partial charge in [-0.2, -0.15) is 0 Å². The van der Waals surface area contributed by atoms with Crippen molar-refractivity contribution in [2.24, 2.45) is 0 Å². The summed E-state index contributed by atoms with van der Waals surface area (Å²) in [4.78, 5) is 50.4. The zero-order valence-corrected chi connectivity index (χ0v) is 15.8. The monoisotopic (exact) mass is 415 g/mol. The first-order chi connectivity index (χ1) is 13.9. The van der Waals surface area contributed by atoms with Crippen molar-refractivity contribution < 1.29 is 28.8 Å². The molecule has 1 aliphatic rings. The highest BCUT2D eigenvalue weighted by Gasteiger charge is 2.36. The molecule has 0 unspecified atom stereocenters. The van der Waals surface area contributed by atoms with Crippen molar-refractivity contribution in [3.05, 3.63) is 63.2 Å². The summed E-state index contributed by atoms with van der Waals surface area (Å²) in [6.07, 6.45) is 2.62. The summed E-state index contributed by atoms with van der Waals surface area (Å²) < 4.78 is 9.99. The number of nitro groups is 1. The predicted molar refractivity (Wildman–Crippen MR) is 102 cm³/mol. The van der Waals surface area contributed by atoms with Gasteiger partial charge < -0.3 is 9.47 Å². The van der Waals surface area contributed by atoms with Gasteiger partial charge in [-0.25, -0.2) is 4.98 Å². The fourth-order valence-electron chi connectivity index (χ4n) is 2.28. The van der Waals surface area contributed by atoms with Crippen LogP contribution in [-0.2, 0) is 14.3 Å². The smallest absolute Gasteiger partial charge is 0.325 e. The number of rotatable bonds is 6. The zero-order valence-electron chi connectivity index (χ0n) is 14.9. The van der Waals surface area contributed by atoms with Crippen LogP contribution in [-0.4, -0.2) is 45.6 Å². The van der Waals surface area contributed by atoms with Gasteiger partial charge >= 0.3 is 5.97 Å². The van der Waals surface area contributed by atoms with Crippen LogP contribution >= 0.6 is 11.8 Å². The molecule has 2 aromatic rings. The first-order valence-corrected chi connectivity index (χ1v) is 8.89. The Morgan fingerprint density at radius 2 is 1.97 bits per heavy atom. The van der Waals surface area contributed by atoms with E-state index in [-0.39, 0.29) is 16.5 Å². The molecule has 3 rings (SSSR count). The van der Waals surface area contributed by atoms with E-state index < -0.39 is 28.6 Å². The first-order valence-electron chi connectivity index (χ1n) is 8.08. The van der Waals surface area contributed by atoms with Gasteiger partial charge in [0.05, 0.1) is 16.9 Å². The number of nitrogens with zero attached hydrogens (tertiary/aromatic N) is 3. The largest absolute Gasteiger partial charge is 0.468 e. The van der Waals surface area contributed by atoms with Gasteiger partial charge in [0.1, 0.15) is 18.5 Å². The average molecular weight is 415 g/mol. The number of hydrogen-bond acceptors (Lipinski definition) is 9. The maximum Gasteiger partial charge on any atom is 0.325 e. The Balaban J connectivity index is 1.68. The lowest BCUT2D eigenvalue weighted by atomic mass is 10.2. The summed E-state index contributed by atoms with van der Waals surface area (Å²) in [6, 6.07) is 9.22. The van der Waals surface area contributed by atoms with Gasteiger partial charge in [0, 0.05) is 12.1 Å². The molecule has 0 N–H and O–H groups in total. The number of aromatic nitrogens is 1. The minimum absolute atomic E-state index is 0.145. The lowest BCUT2D eigenvalue weighted by molar-refractivity contribution is -0.385. The molecule has 0 spiro atoms. The quantitative estimate of drug-likeness (QED) is 0.302. The van der Waals surface area contributed by atoms with Gasteiger partial charge in [0.15, 0.2) is 0 Å². The minimum Gasteiger partial charge on any atom is -0.468 e. The topological polar surface area (TPSA) is 129 Å². The van der Waals surface area contributed by atoms with Crippen LogP contribution < -0.4 is 4.74 Å². The first kappa shape index (κ1) is 20.0. The summed E-state index contributed by atoms with van der Waals surface area (Å²) in [5.41, 5.74) is 0.492. The lowest BCUT2D eigenvalue weighted by Gasteiger charge is -2.09. The predicted octanol–water partition coefficient (Wildman–Crippen LogP) is 2.99. The number of esters is 1. The lowest BCUT2D eigenvalue weighted by Crippen LogP contribution is -2.34. The summed E-state index contributed by atoms with van der Waals surface area (Å²) in [5, 5.41) is 10.1. The van der Waals surface area contributed by atoms with Crippen molar-refractivity contribution in [3.63, 3.8) is 0 Å². The number of imide groups is 1. The molecule has 10 nitrogen and oxygen atoms in total. The highest BCUT2D eigenvalue weighted by molar-refractivity contribution is 8.18. The Morgan fingerprint density at radius 1 is 1.24 bits per heavy atom. The second-order valence-electron chi connectivity index (χ2n) is 5.63. The number of pyridine rings is 1. The molecule has 0 aliphatic carbocycles. The molecule has 0 atom stereocenters. The van der Waals surface area contributed by atoms with Gasteiger partial charge in [-0.1, -0.05) is 12.1 Å². The van der Waals surface area contributed by atoms with E-state index in [2.05, 4.69) is 9.72 Å². The molecule has 0 bridgehead atoms. The highest BCUT2D eigenvalue weighted by atomic mass is 32.2. The fourth-order valence-corrected chi connectivity index (χ4v) is 3.11. The zero-order chi connectivity index (χ0) is 21.0. The molecule has 29 heavy (non-hydrogen) atoms. The van der Waals surface area contributed by atoms with E-state index in [1.807, 2.05) is 0 Å². The molecule has 1 aromatic carbocycles. The van der Waals surface area contributed by atoms with Crippen molar-refractivity contribution in [2.75, 3.05) is 13.7 Å². The normalized spacial score (nSPS) is 14.9. The molecule has 0 saturated carbocycles. The maximum atomic E-state index is 12.3. The Kier molecular flexibility index (Phi) is 5.88. The molecule has 1 aliphatic heterocycles. The van der Waals surface area contributed by atoms with Crippen molar-refractivity contribution in [1.29, 1.82) is 0 Å². The average Bonchev–Trinajstić information content (AvgIpc) is 2.97. The van der Waals surface area contributed by atoms with Crippen LogP contribution in [0.1, 0.15) is 5.56 Å². The van der Waals surface area contributed by atoms with E-state index in [9.17, 15) is 24.5 Å². The Labute approximate surface area is 168 Å². The van der Waals surface area contributed by atoms with Crippen LogP contribution in [0, 0.1) is 10.1 Å². The summed E-state index contributed by atoms with van der Waals surface area (Å²) in [7, 11) is 1.17. The second-order valence-corrected chi connectivity index (χ2v) is 6.62. The van der Waals surface area contributed by atoms with Gasteiger partial charge in [-0.05, 0) is 35.5 Å². The van der Waals surface area contributed by atoms with Crippen LogP contribution in [0.3, 0.4) is 0 Å². The summed E-state index contributed by atoms with van der Waals surface area (Å²) in [6.45, 7) is -0.437. The van der Waals surface area contributed by atoms with Crippen molar-refractivity contribution in [1.82, 2.24) is 9.88 Å². The molecule has 1 aromatic heterocycles. The molecule has 11 heteroatoms. The number of methoxy groups -OCH3 is 1. The van der Waals surface area contributed by atoms with Gasteiger partial charge in [0.25, 0.3) is 16.8 Å². The molecule has 1 fully saturated rings. The fraction of sp³-hybridized carbons (Fsp3) is 0.111. The third-order valence-corrected chi connectivity index (χ3v) is 4.63. The molecular formula is C18H13N3O7S. The van der Waals surface area contributed by atoms with Crippen LogP contribution in [0.25, 0.3) is 6.08 Å². The molecule has 2 heterocycles. The van der Waals surface area contributed by atoms with Gasteiger partial charge in [-0.3, -0.25) is 29.4 Å². The highest BCUT2D eigenvalue weighted by Crippen LogP contribution is 2.32. The van der Waals surface area contributed by atoms with E-state index in [1.54, 1.807) is 24.3 Å². The molecule has 0 radical (unpaired) electrons. The van der Waals surface area contributed by atoms with E-state index in [0.29, 0.717) is 11.3 Å². The standard InChI is InChI=1S/C18H13N3O7S/c1-27-16(22)10-20-17(23)14(29-18(20)24)8-11-2-5-13(6-3-11)28-15-7-4-12(9-19-15)21(25)26/h2-9H,10H2,1H3/b14-8+. The van der Waals surface area contributed by atoms with Crippen LogP contribution in [0.4, 0.5) is 10.5 Å². The third-order valence-electron chi connectivity index (χ3n) is 3.72. The Morgan fingerprint density at radius 3 is 2.55 bits per heavy atom. The minimum atomic E-state index is -0.685. The van der Waals surface area contributed by atoms with Crippen LogP contribution in [0.15, 0.2) is 47.5 Å². The van der Waals surface area contributed by atoms with E-state index in [1.165, 1.54) is 25.3 Å². The van der Waals surface area contributed by atoms with Crippen LogP contribution in [0.2, 0.25) is 0 Å². The number of ether oxygens (including phenoxy) is 2. The third kappa shape index (κ3) is 4.76. The Hall–Kier alpha value is -3.73. The molecule has 2 amide bonds. The van der Waals surface area contributed by atoms with E-state index in [0.717, 1.165) is 22.9 Å². The number of benzene rings is 1. The summed E-state index contributed by atoms with van der Waals surface area (Å²) in [5.74, 6) is -0.634. The van der Waals surface area contributed by atoms with Crippen LogP contribution in [0.5, 0.6) is 11.6 Å². The number of carbonyl (C=O) groups excluding carboxylic acids is 3. The summed E-state index contributed by atoms with van der Waals surface area (Å²) >= 11 is 0.734. The maximum absolute atomic E-state index is 12.3.